The van der Waals surface area contributed by atoms with Gasteiger partial charge < -0.3 is 0 Å². The van der Waals surface area contributed by atoms with Crippen molar-refractivity contribution in [3.63, 3.8) is 0 Å². The van der Waals surface area contributed by atoms with Crippen LogP contribution in [-0.2, 0) is 6.42 Å². The van der Waals surface area contributed by atoms with Gasteiger partial charge in [-0.15, -0.1) is 0 Å². The molecule has 0 spiro atoms. The number of hydrogen-bond acceptors (Lipinski definition) is 1. The predicted molar refractivity (Wildman–Crippen MR) is 65.7 cm³/mol. The molecule has 0 heterocycles. The Bertz CT molecular complexity index is 546. The average Bonchev–Trinajstić information content (AvgIpc) is 2.38. The van der Waals surface area contributed by atoms with Gasteiger partial charge >= 0.3 is 0 Å². The first-order valence-electron chi connectivity index (χ1n) is 5.61. The smallest absolute Gasteiger partial charge is 0.196 e. The molecule has 0 N–H and O–H groups in total. The first kappa shape index (κ1) is 11.5. The molecule has 86 valence electrons. The fraction of sp³-hybridized carbons (Fsp3) is 0.133. The van der Waals surface area contributed by atoms with Gasteiger partial charge in [0.1, 0.15) is 5.82 Å². The molecule has 2 rings (SSSR count). The molecule has 0 aromatic heterocycles. The summed E-state index contributed by atoms with van der Waals surface area (Å²) in [5.41, 5.74) is 1.66. The Morgan fingerprint density at radius 1 is 1.00 bits per heavy atom. The lowest BCUT2D eigenvalue weighted by molar-refractivity contribution is 0.103. The third-order valence-corrected chi connectivity index (χ3v) is 2.76. The van der Waals surface area contributed by atoms with Crippen molar-refractivity contribution in [1.82, 2.24) is 0 Å². The van der Waals surface area contributed by atoms with Crippen LogP contribution in [0.4, 0.5) is 4.39 Å². The van der Waals surface area contributed by atoms with Crippen molar-refractivity contribution in [1.29, 1.82) is 0 Å². The molecule has 2 aromatic carbocycles. The van der Waals surface area contributed by atoms with Crippen LogP contribution in [0.3, 0.4) is 0 Å². The second-order valence-electron chi connectivity index (χ2n) is 3.82. The number of carbonyl (C=O) groups excluding carboxylic acids is 1. The molecule has 0 aliphatic rings. The Hall–Kier alpha value is -1.96. The number of halogens is 1. The van der Waals surface area contributed by atoms with Crippen LogP contribution in [0.1, 0.15) is 28.4 Å². The number of ketones is 1. The maximum atomic E-state index is 13.5. The summed E-state index contributed by atoms with van der Waals surface area (Å²) >= 11 is 0. The number of aryl methyl sites for hydroxylation is 1. The van der Waals surface area contributed by atoms with E-state index < -0.39 is 5.82 Å². The minimum atomic E-state index is -0.469. The molecule has 0 atom stereocenters. The molecule has 0 fully saturated rings. The molecule has 2 aromatic rings. The molecule has 1 nitrogen and oxygen atoms in total. The van der Waals surface area contributed by atoms with Crippen molar-refractivity contribution in [3.05, 3.63) is 71.0 Å². The van der Waals surface area contributed by atoms with Crippen LogP contribution in [0, 0.1) is 5.82 Å². The minimum Gasteiger partial charge on any atom is -0.288 e. The number of benzene rings is 2. The topological polar surface area (TPSA) is 17.1 Å². The lowest BCUT2D eigenvalue weighted by Gasteiger charge is -2.07. The largest absolute Gasteiger partial charge is 0.288 e. The molecule has 0 saturated heterocycles. The van der Waals surface area contributed by atoms with Crippen LogP contribution in [0.25, 0.3) is 0 Å². The highest BCUT2D eigenvalue weighted by Gasteiger charge is 2.15. The van der Waals surface area contributed by atoms with Crippen molar-refractivity contribution in [2.45, 2.75) is 13.3 Å². The average molecular weight is 228 g/mol. The molecule has 0 aliphatic carbocycles. The van der Waals surface area contributed by atoms with Gasteiger partial charge in [-0.1, -0.05) is 43.3 Å². The van der Waals surface area contributed by atoms with Crippen LogP contribution in [0.2, 0.25) is 0 Å². The molecule has 0 saturated carbocycles. The molecular weight excluding hydrogens is 215 g/mol. The summed E-state index contributed by atoms with van der Waals surface area (Å²) in [5.74, 6) is -0.719. The van der Waals surface area contributed by atoms with Gasteiger partial charge in [0, 0.05) is 5.56 Å². The highest BCUT2D eigenvalue weighted by molar-refractivity contribution is 6.10. The third kappa shape index (κ3) is 2.26. The van der Waals surface area contributed by atoms with E-state index in [1.165, 1.54) is 12.1 Å². The Morgan fingerprint density at radius 2 is 1.59 bits per heavy atom. The fourth-order valence-electron chi connectivity index (χ4n) is 1.84. The van der Waals surface area contributed by atoms with Crippen LogP contribution in [-0.4, -0.2) is 5.78 Å². The molecule has 0 bridgehead atoms. The van der Waals surface area contributed by atoms with Crippen LogP contribution in [0.15, 0.2) is 48.5 Å². The van der Waals surface area contributed by atoms with Crippen molar-refractivity contribution < 1.29 is 9.18 Å². The molecule has 0 amide bonds. The van der Waals surface area contributed by atoms with Crippen LogP contribution in [0.5, 0.6) is 0 Å². The summed E-state index contributed by atoms with van der Waals surface area (Å²) < 4.78 is 13.5. The summed E-state index contributed by atoms with van der Waals surface area (Å²) in [6.07, 6.45) is 0.760. The van der Waals surface area contributed by atoms with Crippen LogP contribution >= 0.6 is 0 Å². The Kier molecular flexibility index (Phi) is 3.33. The zero-order chi connectivity index (χ0) is 12.3. The molecule has 0 radical (unpaired) electrons. The normalized spacial score (nSPS) is 10.2. The monoisotopic (exact) mass is 228 g/mol. The SMILES string of the molecule is CCc1ccccc1C(=O)c1ccccc1F. The van der Waals surface area contributed by atoms with E-state index in [0.717, 1.165) is 12.0 Å². The molecule has 0 unspecified atom stereocenters. The lowest BCUT2D eigenvalue weighted by atomic mass is 9.97. The lowest BCUT2D eigenvalue weighted by Crippen LogP contribution is -2.07. The zero-order valence-electron chi connectivity index (χ0n) is 9.61. The number of rotatable bonds is 3. The van der Waals surface area contributed by atoms with E-state index in [2.05, 4.69) is 0 Å². The second kappa shape index (κ2) is 4.91. The highest BCUT2D eigenvalue weighted by atomic mass is 19.1. The van der Waals surface area contributed by atoms with Gasteiger partial charge in [0.05, 0.1) is 5.56 Å². The van der Waals surface area contributed by atoms with E-state index in [1.54, 1.807) is 24.3 Å². The number of hydrogen-bond donors (Lipinski definition) is 0. The third-order valence-electron chi connectivity index (χ3n) is 2.76. The summed E-state index contributed by atoms with van der Waals surface area (Å²) in [4.78, 5) is 12.2. The van der Waals surface area contributed by atoms with E-state index in [9.17, 15) is 9.18 Å². The van der Waals surface area contributed by atoms with Gasteiger partial charge in [-0.05, 0) is 24.1 Å². The first-order chi connectivity index (χ1) is 8.24. The second-order valence-corrected chi connectivity index (χ2v) is 3.82. The van der Waals surface area contributed by atoms with E-state index in [0.29, 0.717) is 5.56 Å². The predicted octanol–water partition coefficient (Wildman–Crippen LogP) is 3.62. The van der Waals surface area contributed by atoms with Crippen molar-refractivity contribution in [3.8, 4) is 0 Å². The van der Waals surface area contributed by atoms with Gasteiger partial charge in [0.25, 0.3) is 0 Å². The van der Waals surface area contributed by atoms with E-state index in [-0.39, 0.29) is 11.3 Å². The van der Waals surface area contributed by atoms with Gasteiger partial charge in [0.15, 0.2) is 5.78 Å². The quantitative estimate of drug-likeness (QED) is 0.733. The zero-order valence-corrected chi connectivity index (χ0v) is 9.61. The standard InChI is InChI=1S/C15H13FO/c1-2-11-7-3-4-8-12(11)15(17)13-9-5-6-10-14(13)16/h3-10H,2H2,1H3. The maximum Gasteiger partial charge on any atom is 0.196 e. The van der Waals surface area contributed by atoms with E-state index in [1.807, 2.05) is 19.1 Å². The Labute approximate surface area is 99.9 Å². The number of carbonyl (C=O) groups is 1. The van der Waals surface area contributed by atoms with Crippen molar-refractivity contribution >= 4 is 5.78 Å². The summed E-state index contributed by atoms with van der Waals surface area (Å²) in [7, 11) is 0. The van der Waals surface area contributed by atoms with Crippen molar-refractivity contribution in [2.75, 3.05) is 0 Å². The molecule has 17 heavy (non-hydrogen) atoms. The minimum absolute atomic E-state index is 0.133. The first-order valence-corrected chi connectivity index (χ1v) is 5.61. The molecule has 0 aliphatic heterocycles. The molecular formula is C15H13FO. The fourth-order valence-corrected chi connectivity index (χ4v) is 1.84. The van der Waals surface area contributed by atoms with Gasteiger partial charge in [0.2, 0.25) is 0 Å². The summed E-state index contributed by atoms with van der Waals surface area (Å²) in [6.45, 7) is 1.98. The van der Waals surface area contributed by atoms with E-state index >= 15 is 0 Å². The summed E-state index contributed by atoms with van der Waals surface area (Å²) in [5, 5.41) is 0. The maximum absolute atomic E-state index is 13.5. The van der Waals surface area contributed by atoms with Gasteiger partial charge in [-0.2, -0.15) is 0 Å². The van der Waals surface area contributed by atoms with Crippen LogP contribution < -0.4 is 0 Å². The van der Waals surface area contributed by atoms with E-state index in [4.69, 9.17) is 0 Å². The highest BCUT2D eigenvalue weighted by Crippen LogP contribution is 2.17. The Balaban J connectivity index is 2.48. The Morgan fingerprint density at radius 3 is 2.24 bits per heavy atom. The van der Waals surface area contributed by atoms with Crippen molar-refractivity contribution in [2.24, 2.45) is 0 Å². The summed E-state index contributed by atoms with van der Waals surface area (Å²) in [6, 6.07) is 13.4. The van der Waals surface area contributed by atoms with Gasteiger partial charge in [-0.25, -0.2) is 4.39 Å². The molecule has 2 heteroatoms. The van der Waals surface area contributed by atoms with Gasteiger partial charge in [-0.3, -0.25) is 4.79 Å².